The minimum atomic E-state index is -0.876. The molecule has 108 valence electrons. The summed E-state index contributed by atoms with van der Waals surface area (Å²) < 4.78 is 0. The van der Waals surface area contributed by atoms with Gasteiger partial charge in [0, 0.05) is 34.8 Å². The lowest BCUT2D eigenvalue weighted by Gasteiger charge is -2.28. The number of nitrogens with two attached hydrogens (primary N) is 2. The zero-order valence-corrected chi connectivity index (χ0v) is 12.5. The van der Waals surface area contributed by atoms with Crippen molar-refractivity contribution in [1.82, 2.24) is 15.3 Å². The molecule has 5 N–H and O–H groups in total. The van der Waals surface area contributed by atoms with Crippen molar-refractivity contribution in [3.63, 3.8) is 0 Å². The predicted molar refractivity (Wildman–Crippen MR) is 87.3 cm³/mol. The van der Waals surface area contributed by atoms with Crippen LogP contribution in [0.15, 0.2) is 30.6 Å². The molecule has 1 aliphatic heterocycles. The molecule has 0 bridgehead atoms. The molecule has 0 spiro atoms. The summed E-state index contributed by atoms with van der Waals surface area (Å²) in [6.07, 6.45) is 9.28. The summed E-state index contributed by atoms with van der Waals surface area (Å²) in [6, 6.07) is 5.91. The number of pyridine rings is 2. The number of nitrogens with zero attached hydrogens (tertiary/aromatic N) is 2. The molecule has 0 aromatic carbocycles. The lowest BCUT2D eigenvalue weighted by atomic mass is 10.0. The van der Waals surface area contributed by atoms with Crippen LogP contribution in [0, 0.1) is 0 Å². The Morgan fingerprint density at radius 1 is 1.29 bits per heavy atom. The van der Waals surface area contributed by atoms with Gasteiger partial charge in [0.1, 0.15) is 11.5 Å². The van der Waals surface area contributed by atoms with Gasteiger partial charge < -0.3 is 16.8 Å². The van der Waals surface area contributed by atoms with Crippen LogP contribution in [0.25, 0.3) is 12.3 Å². The molecule has 21 heavy (non-hydrogen) atoms. The molecule has 3 heterocycles. The van der Waals surface area contributed by atoms with Crippen LogP contribution in [0.5, 0.6) is 0 Å². The van der Waals surface area contributed by atoms with Crippen molar-refractivity contribution in [2.24, 2.45) is 5.73 Å². The van der Waals surface area contributed by atoms with Crippen LogP contribution >= 0.6 is 11.8 Å². The van der Waals surface area contributed by atoms with Gasteiger partial charge in [-0.05, 0) is 36.1 Å². The maximum absolute atomic E-state index is 6.48. The van der Waals surface area contributed by atoms with Crippen LogP contribution in [-0.2, 0) is 11.4 Å². The van der Waals surface area contributed by atoms with E-state index in [0.717, 1.165) is 21.9 Å². The molecule has 0 aliphatic carbocycles. The number of rotatable bonds is 3. The van der Waals surface area contributed by atoms with Crippen LogP contribution in [0.2, 0.25) is 0 Å². The van der Waals surface area contributed by atoms with Crippen molar-refractivity contribution in [3.8, 4) is 0 Å². The van der Waals surface area contributed by atoms with Gasteiger partial charge in [-0.1, -0.05) is 0 Å². The molecule has 0 amide bonds. The molecule has 5 nitrogen and oxygen atoms in total. The predicted octanol–water partition coefficient (Wildman–Crippen LogP) is -0.145. The Labute approximate surface area is 127 Å². The lowest BCUT2D eigenvalue weighted by Crippen LogP contribution is -2.53. The molecule has 0 saturated heterocycles. The van der Waals surface area contributed by atoms with Crippen molar-refractivity contribution >= 4 is 29.9 Å². The van der Waals surface area contributed by atoms with Gasteiger partial charge in [0.05, 0.1) is 5.69 Å². The third-order valence-electron chi connectivity index (χ3n) is 3.45. The zero-order chi connectivity index (χ0) is 14.9. The Hall–Kier alpha value is -2.05. The molecule has 2 aromatic rings. The Morgan fingerprint density at radius 2 is 2.10 bits per heavy atom. The highest BCUT2D eigenvalue weighted by Crippen LogP contribution is 2.19. The highest BCUT2D eigenvalue weighted by Gasteiger charge is 2.27. The van der Waals surface area contributed by atoms with E-state index in [0.29, 0.717) is 5.82 Å². The fraction of sp³-hybridized carbons (Fsp3) is 0.200. The summed E-state index contributed by atoms with van der Waals surface area (Å²) in [5, 5.41) is 5.03. The van der Waals surface area contributed by atoms with Gasteiger partial charge >= 0.3 is 0 Å². The van der Waals surface area contributed by atoms with Crippen molar-refractivity contribution in [2.75, 3.05) is 12.0 Å². The third kappa shape index (κ3) is 2.59. The number of nitrogens with one attached hydrogen (secondary N) is 1. The zero-order valence-electron chi connectivity index (χ0n) is 11.7. The van der Waals surface area contributed by atoms with Crippen molar-refractivity contribution in [3.05, 3.63) is 52.3 Å². The van der Waals surface area contributed by atoms with Crippen LogP contribution < -0.4 is 27.2 Å². The summed E-state index contributed by atoms with van der Waals surface area (Å²) in [5.74, 6) is 1.40. The maximum Gasteiger partial charge on any atom is 0.149 e. The van der Waals surface area contributed by atoms with E-state index in [1.807, 2.05) is 30.5 Å². The fourth-order valence-electron chi connectivity index (χ4n) is 2.36. The average Bonchev–Trinajstić information content (AvgIpc) is 2.49. The summed E-state index contributed by atoms with van der Waals surface area (Å²) in [4.78, 5) is 8.53. The van der Waals surface area contributed by atoms with E-state index in [-0.39, 0.29) is 0 Å². The minimum Gasteiger partial charge on any atom is -0.383 e. The van der Waals surface area contributed by atoms with Gasteiger partial charge in [-0.15, -0.1) is 0 Å². The Morgan fingerprint density at radius 3 is 2.90 bits per heavy atom. The lowest BCUT2D eigenvalue weighted by molar-refractivity contribution is 0.528. The largest absolute Gasteiger partial charge is 0.383 e. The molecule has 1 unspecified atom stereocenters. The molecule has 0 fully saturated rings. The third-order valence-corrected chi connectivity index (χ3v) is 4.07. The summed E-state index contributed by atoms with van der Waals surface area (Å²) in [7, 11) is 0. The summed E-state index contributed by atoms with van der Waals surface area (Å²) in [6.45, 7) is 0. The second-order valence-electron chi connectivity index (χ2n) is 4.98. The van der Waals surface area contributed by atoms with Crippen LogP contribution in [0.3, 0.4) is 0 Å². The van der Waals surface area contributed by atoms with E-state index in [2.05, 4.69) is 21.5 Å². The first-order valence-corrected chi connectivity index (χ1v) is 7.96. The Balaban J connectivity index is 2.10. The van der Waals surface area contributed by atoms with Crippen LogP contribution in [0.4, 0.5) is 5.82 Å². The number of anilines is 1. The van der Waals surface area contributed by atoms with Crippen LogP contribution in [0.1, 0.15) is 11.3 Å². The first kappa shape index (κ1) is 13.9. The molecule has 3 rings (SSSR count). The maximum atomic E-state index is 6.48. The second-order valence-corrected chi connectivity index (χ2v) is 5.85. The van der Waals surface area contributed by atoms with Gasteiger partial charge in [0.2, 0.25) is 0 Å². The first-order chi connectivity index (χ1) is 10.1. The Bertz CT molecular complexity index is 789. The van der Waals surface area contributed by atoms with E-state index in [1.165, 1.54) is 5.56 Å². The van der Waals surface area contributed by atoms with E-state index in [9.17, 15) is 0 Å². The second kappa shape index (κ2) is 5.38. The monoisotopic (exact) mass is 299 g/mol. The Kier molecular flexibility index (Phi) is 3.57. The minimum absolute atomic E-state index is 0.473. The summed E-state index contributed by atoms with van der Waals surface area (Å²) in [5.41, 5.74) is 13.5. The van der Waals surface area contributed by atoms with E-state index in [1.54, 1.807) is 24.2 Å². The topological polar surface area (TPSA) is 89.8 Å². The molecular formula is C15H17N5S. The highest BCUT2D eigenvalue weighted by molar-refractivity contribution is 7.97. The van der Waals surface area contributed by atoms with E-state index < -0.39 is 5.66 Å². The standard InChI is InChI=1S/C15H17N5S/c1-21-9-10-2-4-18-13(6-10)15(17)7-12-11(8-20-15)3-5-19-14(12)16/h2-8,20H,9,17H2,1H3,(H2,16,19). The molecular weight excluding hydrogens is 282 g/mol. The number of thioether (sulfide) groups is 1. The molecule has 0 saturated carbocycles. The molecule has 1 atom stereocenters. The molecule has 6 heteroatoms. The smallest absolute Gasteiger partial charge is 0.149 e. The quantitative estimate of drug-likeness (QED) is 0.731. The molecule has 0 radical (unpaired) electrons. The number of aromatic nitrogens is 2. The normalized spacial score (nSPS) is 19.9. The average molecular weight is 299 g/mol. The molecule has 1 aliphatic rings. The van der Waals surface area contributed by atoms with Gasteiger partial charge in [-0.25, -0.2) is 4.98 Å². The number of hydrogen-bond donors (Lipinski definition) is 3. The van der Waals surface area contributed by atoms with E-state index in [4.69, 9.17) is 11.5 Å². The fourth-order valence-corrected chi connectivity index (χ4v) is 2.87. The molecule has 2 aromatic heterocycles. The number of fused-ring (bicyclic) bond motifs is 1. The number of nitrogen functional groups attached to an aromatic ring is 1. The van der Waals surface area contributed by atoms with Gasteiger partial charge in [0.15, 0.2) is 0 Å². The van der Waals surface area contributed by atoms with Crippen molar-refractivity contribution in [1.29, 1.82) is 0 Å². The van der Waals surface area contributed by atoms with E-state index >= 15 is 0 Å². The van der Waals surface area contributed by atoms with Gasteiger partial charge in [-0.3, -0.25) is 4.98 Å². The summed E-state index contributed by atoms with van der Waals surface area (Å²) >= 11 is 1.76. The number of hydrogen-bond acceptors (Lipinski definition) is 6. The first-order valence-electron chi connectivity index (χ1n) is 6.57. The SMILES string of the molecule is CSCc1ccnc(C2(N)C=c3c(N)nccc3=CN2)c1. The van der Waals surface area contributed by atoms with Crippen molar-refractivity contribution < 1.29 is 0 Å². The van der Waals surface area contributed by atoms with Crippen LogP contribution in [-0.4, -0.2) is 16.2 Å². The van der Waals surface area contributed by atoms with Crippen molar-refractivity contribution in [2.45, 2.75) is 11.4 Å². The van der Waals surface area contributed by atoms with Gasteiger partial charge in [-0.2, -0.15) is 11.8 Å². The van der Waals surface area contributed by atoms with Gasteiger partial charge in [0.25, 0.3) is 0 Å². The highest BCUT2D eigenvalue weighted by atomic mass is 32.2.